The number of piperazine rings is 1. The minimum absolute atomic E-state index is 0.0522. The Kier molecular flexibility index (Phi) is 8.79. The highest BCUT2D eigenvalue weighted by molar-refractivity contribution is 6.54. The summed E-state index contributed by atoms with van der Waals surface area (Å²) in [6.07, 6.45) is 3.93. The Bertz CT molecular complexity index is 905. The maximum absolute atomic E-state index is 12.5. The molecule has 0 N–H and O–H groups in total. The third kappa shape index (κ3) is 6.21. The molecule has 1 fully saturated rings. The van der Waals surface area contributed by atoms with Crippen LogP contribution in [0.4, 0.5) is 0 Å². The Morgan fingerprint density at radius 1 is 0.529 bits per heavy atom. The van der Waals surface area contributed by atoms with Gasteiger partial charge in [0.2, 0.25) is 0 Å². The van der Waals surface area contributed by atoms with Gasteiger partial charge in [-0.1, -0.05) is 24.3 Å². The first kappa shape index (κ1) is 25.0. The number of carbonyl (C=O) groups excluding carboxylic acids is 4. The number of nitrogens with zero attached hydrogens (tertiary/aromatic N) is 2. The summed E-state index contributed by atoms with van der Waals surface area (Å²) < 4.78 is 10.3. The van der Waals surface area contributed by atoms with E-state index in [2.05, 4.69) is 0 Å². The molecule has 0 saturated carbocycles. The zero-order valence-corrected chi connectivity index (χ0v) is 19.6. The second-order valence-electron chi connectivity index (χ2n) is 8.13. The van der Waals surface area contributed by atoms with Gasteiger partial charge >= 0.3 is 23.6 Å². The molecule has 0 unspecified atom stereocenters. The van der Waals surface area contributed by atoms with Gasteiger partial charge in [-0.05, 0) is 73.9 Å². The topological polar surface area (TPSA) is 93.2 Å². The summed E-state index contributed by atoms with van der Waals surface area (Å²) >= 11 is 0. The molecule has 4 amide bonds. The zero-order chi connectivity index (χ0) is 24.5. The van der Waals surface area contributed by atoms with Crippen LogP contribution in [0, 0.1) is 0 Å². The predicted octanol–water partition coefficient (Wildman–Crippen LogP) is 2.77. The first-order valence-corrected chi connectivity index (χ1v) is 11.4. The highest BCUT2D eigenvalue weighted by atomic mass is 16.5. The van der Waals surface area contributed by atoms with Gasteiger partial charge in [-0.15, -0.1) is 0 Å². The number of hydrogen-bond acceptors (Lipinski definition) is 6. The molecular formula is C26H30N2O6. The number of carbonyl (C=O) groups is 4. The molecule has 2 aromatic carbocycles. The third-order valence-electron chi connectivity index (χ3n) is 5.86. The number of benzene rings is 2. The number of amides is 4. The van der Waals surface area contributed by atoms with Gasteiger partial charge in [0.1, 0.15) is 11.5 Å². The molecule has 0 bridgehead atoms. The van der Waals surface area contributed by atoms with E-state index in [-0.39, 0.29) is 13.1 Å². The van der Waals surface area contributed by atoms with Gasteiger partial charge in [-0.25, -0.2) is 0 Å². The predicted molar refractivity (Wildman–Crippen MR) is 125 cm³/mol. The van der Waals surface area contributed by atoms with Gasteiger partial charge in [-0.2, -0.15) is 0 Å². The highest BCUT2D eigenvalue weighted by Crippen LogP contribution is 2.16. The van der Waals surface area contributed by atoms with Gasteiger partial charge in [0.25, 0.3) is 0 Å². The van der Waals surface area contributed by atoms with Crippen molar-refractivity contribution >= 4 is 23.6 Å². The third-order valence-corrected chi connectivity index (χ3v) is 5.86. The van der Waals surface area contributed by atoms with Gasteiger partial charge in [0.05, 0.1) is 14.2 Å². The van der Waals surface area contributed by atoms with Crippen LogP contribution in [0.1, 0.15) is 36.8 Å². The molecule has 0 atom stereocenters. The van der Waals surface area contributed by atoms with Crippen molar-refractivity contribution in [2.75, 3.05) is 27.3 Å². The minimum atomic E-state index is -0.927. The van der Waals surface area contributed by atoms with E-state index in [1.165, 1.54) is 0 Å². The molecular weight excluding hydrogens is 436 g/mol. The lowest BCUT2D eigenvalue weighted by Crippen LogP contribution is -2.60. The van der Waals surface area contributed by atoms with Crippen molar-refractivity contribution in [1.82, 2.24) is 9.80 Å². The summed E-state index contributed by atoms with van der Waals surface area (Å²) in [5.41, 5.74) is 2.20. The fraction of sp³-hybridized carbons (Fsp3) is 0.385. The molecule has 0 spiro atoms. The number of rotatable bonds is 12. The molecule has 0 aliphatic carbocycles. The number of hydrogen-bond donors (Lipinski definition) is 0. The van der Waals surface area contributed by atoms with E-state index in [1.807, 2.05) is 48.5 Å². The monoisotopic (exact) mass is 466 g/mol. The Morgan fingerprint density at radius 3 is 1.15 bits per heavy atom. The lowest BCUT2D eigenvalue weighted by Gasteiger charge is -2.30. The van der Waals surface area contributed by atoms with Gasteiger partial charge < -0.3 is 9.47 Å². The van der Waals surface area contributed by atoms with Crippen LogP contribution in [-0.4, -0.2) is 60.7 Å². The van der Waals surface area contributed by atoms with Crippen molar-refractivity contribution in [3.8, 4) is 11.5 Å². The molecule has 0 radical (unpaired) electrons. The van der Waals surface area contributed by atoms with E-state index in [0.717, 1.165) is 45.3 Å². The largest absolute Gasteiger partial charge is 0.497 e. The first-order valence-electron chi connectivity index (χ1n) is 11.4. The van der Waals surface area contributed by atoms with Gasteiger partial charge in [-0.3, -0.25) is 29.0 Å². The van der Waals surface area contributed by atoms with Crippen LogP contribution in [0.3, 0.4) is 0 Å². The molecule has 2 aromatic rings. The quantitative estimate of drug-likeness (QED) is 0.271. The lowest BCUT2D eigenvalue weighted by atomic mass is 10.1. The van der Waals surface area contributed by atoms with Crippen LogP contribution in [-0.2, 0) is 32.0 Å². The van der Waals surface area contributed by atoms with E-state index in [0.29, 0.717) is 25.7 Å². The van der Waals surface area contributed by atoms with Crippen molar-refractivity contribution in [3.05, 3.63) is 59.7 Å². The number of ether oxygens (including phenoxy) is 2. The maximum Gasteiger partial charge on any atom is 0.319 e. The number of aryl methyl sites for hydroxylation is 2. The fourth-order valence-corrected chi connectivity index (χ4v) is 3.83. The highest BCUT2D eigenvalue weighted by Gasteiger charge is 2.44. The number of imide groups is 2. The minimum Gasteiger partial charge on any atom is -0.497 e. The van der Waals surface area contributed by atoms with E-state index < -0.39 is 23.6 Å². The molecule has 8 nitrogen and oxygen atoms in total. The van der Waals surface area contributed by atoms with Gasteiger partial charge in [0.15, 0.2) is 0 Å². The maximum atomic E-state index is 12.5. The average Bonchev–Trinajstić information content (AvgIpc) is 2.87. The molecule has 3 rings (SSSR count). The molecule has 34 heavy (non-hydrogen) atoms. The number of methoxy groups -OCH3 is 2. The SMILES string of the molecule is COc1ccc(CCCCN2C(=O)C(=O)N(CCCCc3ccc(OC)cc3)C(=O)C2=O)cc1. The molecule has 1 saturated heterocycles. The molecule has 1 heterocycles. The zero-order valence-electron chi connectivity index (χ0n) is 19.6. The van der Waals surface area contributed by atoms with Crippen molar-refractivity contribution in [3.63, 3.8) is 0 Å². The van der Waals surface area contributed by atoms with E-state index in [1.54, 1.807) is 14.2 Å². The van der Waals surface area contributed by atoms with Crippen molar-refractivity contribution in [2.24, 2.45) is 0 Å². The molecule has 8 heteroatoms. The summed E-state index contributed by atoms with van der Waals surface area (Å²) in [7, 11) is 3.21. The van der Waals surface area contributed by atoms with Crippen LogP contribution in [0.15, 0.2) is 48.5 Å². The van der Waals surface area contributed by atoms with Crippen LogP contribution >= 0.6 is 0 Å². The Morgan fingerprint density at radius 2 is 0.853 bits per heavy atom. The van der Waals surface area contributed by atoms with E-state index >= 15 is 0 Å². The lowest BCUT2D eigenvalue weighted by molar-refractivity contribution is -0.171. The van der Waals surface area contributed by atoms with Crippen LogP contribution in [0.5, 0.6) is 11.5 Å². The van der Waals surface area contributed by atoms with Crippen molar-refractivity contribution in [1.29, 1.82) is 0 Å². The molecule has 1 aliphatic heterocycles. The standard InChI is InChI=1S/C26H30N2O6/c1-33-21-13-9-19(10-14-21)7-3-5-17-27-23(29)25(31)28(26(32)24(27)30)18-6-4-8-20-11-15-22(34-2)16-12-20/h9-16H,3-8,17-18H2,1-2H3. The Hall–Kier alpha value is -3.68. The average molecular weight is 467 g/mol. The van der Waals surface area contributed by atoms with Crippen LogP contribution in [0.25, 0.3) is 0 Å². The second kappa shape index (κ2) is 12.0. The van der Waals surface area contributed by atoms with Crippen LogP contribution in [0.2, 0.25) is 0 Å². The van der Waals surface area contributed by atoms with Crippen molar-refractivity contribution < 1.29 is 28.7 Å². The summed E-state index contributed by atoms with van der Waals surface area (Å²) in [5, 5.41) is 0. The fourth-order valence-electron chi connectivity index (χ4n) is 3.83. The normalized spacial score (nSPS) is 14.1. The first-order chi connectivity index (χ1) is 16.4. The summed E-state index contributed by atoms with van der Waals surface area (Å²) in [6.45, 7) is 0.104. The second-order valence-corrected chi connectivity index (χ2v) is 8.13. The van der Waals surface area contributed by atoms with E-state index in [9.17, 15) is 19.2 Å². The van der Waals surface area contributed by atoms with Crippen LogP contribution < -0.4 is 9.47 Å². The summed E-state index contributed by atoms with van der Waals surface area (Å²) in [4.78, 5) is 51.5. The smallest absolute Gasteiger partial charge is 0.319 e. The number of unbranched alkanes of at least 4 members (excludes halogenated alkanes) is 2. The Labute approximate surface area is 199 Å². The van der Waals surface area contributed by atoms with E-state index in [4.69, 9.17) is 9.47 Å². The molecule has 1 aliphatic rings. The molecule has 180 valence electrons. The van der Waals surface area contributed by atoms with Crippen molar-refractivity contribution in [2.45, 2.75) is 38.5 Å². The summed E-state index contributed by atoms with van der Waals surface area (Å²) in [6, 6.07) is 15.3. The van der Waals surface area contributed by atoms with Gasteiger partial charge in [0, 0.05) is 13.1 Å². The molecule has 0 aromatic heterocycles. The summed E-state index contributed by atoms with van der Waals surface area (Å²) in [5.74, 6) is -2.16. The Balaban J connectivity index is 1.43.